The molecule has 18 heavy (non-hydrogen) atoms. The lowest BCUT2D eigenvalue weighted by atomic mass is 10.1. The number of rotatable bonds is 3. The Morgan fingerprint density at radius 2 is 2.06 bits per heavy atom. The van der Waals surface area contributed by atoms with Crippen molar-refractivity contribution in [3.63, 3.8) is 0 Å². The Bertz CT molecular complexity index is 484. The van der Waals surface area contributed by atoms with E-state index in [-0.39, 0.29) is 11.4 Å². The maximum absolute atomic E-state index is 12.3. The van der Waals surface area contributed by atoms with Crippen molar-refractivity contribution in [2.45, 2.75) is 19.4 Å². The highest BCUT2D eigenvalue weighted by Gasteiger charge is 2.45. The molecule has 0 aromatic heterocycles. The summed E-state index contributed by atoms with van der Waals surface area (Å²) in [5, 5.41) is 0. The van der Waals surface area contributed by atoms with E-state index in [1.807, 2.05) is 24.1 Å². The fourth-order valence-electron chi connectivity index (χ4n) is 2.57. The van der Waals surface area contributed by atoms with Gasteiger partial charge in [-0.05, 0) is 35.6 Å². The third-order valence-electron chi connectivity index (χ3n) is 4.03. The average molecular weight is 262 g/mol. The first kappa shape index (κ1) is 11.9. The SMILES string of the molecule is CN1Cc2ccccc2N(CC2(CS)CC2)C1=O. The Morgan fingerprint density at radius 1 is 1.33 bits per heavy atom. The molecule has 2 aliphatic rings. The van der Waals surface area contributed by atoms with Crippen LogP contribution in [0.15, 0.2) is 24.3 Å². The standard InChI is InChI=1S/C14H18N2OS/c1-15-8-11-4-2-3-5-12(11)16(13(15)17)9-14(10-18)6-7-14/h2-5,18H,6-10H2,1H3. The largest absolute Gasteiger partial charge is 0.324 e. The van der Waals surface area contributed by atoms with E-state index in [0.29, 0.717) is 6.54 Å². The second kappa shape index (κ2) is 4.19. The average Bonchev–Trinajstić information content (AvgIpc) is 3.15. The van der Waals surface area contributed by atoms with Gasteiger partial charge in [-0.2, -0.15) is 12.6 Å². The number of hydrogen-bond acceptors (Lipinski definition) is 2. The molecule has 0 radical (unpaired) electrons. The number of fused-ring (bicyclic) bond motifs is 1. The molecule has 1 saturated carbocycles. The number of carbonyl (C=O) groups excluding carboxylic acids is 1. The van der Waals surface area contributed by atoms with Gasteiger partial charge >= 0.3 is 6.03 Å². The molecular formula is C14H18N2OS. The number of hydrogen-bond donors (Lipinski definition) is 1. The molecular weight excluding hydrogens is 244 g/mol. The van der Waals surface area contributed by atoms with Gasteiger partial charge in [0.05, 0.1) is 5.69 Å². The van der Waals surface area contributed by atoms with Crippen molar-refractivity contribution in [1.82, 2.24) is 4.90 Å². The number of benzene rings is 1. The van der Waals surface area contributed by atoms with Gasteiger partial charge in [0.25, 0.3) is 0 Å². The number of thiol groups is 1. The molecule has 1 aliphatic heterocycles. The lowest BCUT2D eigenvalue weighted by molar-refractivity contribution is 0.209. The Kier molecular flexibility index (Phi) is 2.77. The molecule has 3 nitrogen and oxygen atoms in total. The summed E-state index contributed by atoms with van der Waals surface area (Å²) in [5.41, 5.74) is 2.56. The van der Waals surface area contributed by atoms with Gasteiger partial charge in [-0.3, -0.25) is 4.90 Å². The predicted molar refractivity (Wildman–Crippen MR) is 76.2 cm³/mol. The number of para-hydroxylation sites is 1. The van der Waals surface area contributed by atoms with Crippen LogP contribution in [0, 0.1) is 5.41 Å². The van der Waals surface area contributed by atoms with Crippen LogP contribution in [0.5, 0.6) is 0 Å². The highest BCUT2D eigenvalue weighted by Crippen LogP contribution is 2.48. The summed E-state index contributed by atoms with van der Waals surface area (Å²) in [6.45, 7) is 1.51. The minimum Gasteiger partial charge on any atom is -0.323 e. The van der Waals surface area contributed by atoms with Gasteiger partial charge in [0.15, 0.2) is 0 Å². The fraction of sp³-hybridized carbons (Fsp3) is 0.500. The molecule has 1 fully saturated rings. The summed E-state index contributed by atoms with van der Waals surface area (Å²) in [6, 6.07) is 8.30. The van der Waals surface area contributed by atoms with Crippen LogP contribution < -0.4 is 4.90 Å². The molecule has 2 amide bonds. The van der Waals surface area contributed by atoms with Gasteiger partial charge in [-0.15, -0.1) is 0 Å². The first-order valence-corrected chi connectivity index (χ1v) is 7.00. The van der Waals surface area contributed by atoms with E-state index < -0.39 is 0 Å². The molecule has 1 aromatic rings. The summed E-state index contributed by atoms with van der Waals surface area (Å²) in [6.07, 6.45) is 2.37. The molecule has 0 N–H and O–H groups in total. The minimum absolute atomic E-state index is 0.113. The quantitative estimate of drug-likeness (QED) is 0.832. The van der Waals surface area contributed by atoms with Gasteiger partial charge < -0.3 is 4.90 Å². The minimum atomic E-state index is 0.113. The van der Waals surface area contributed by atoms with Crippen molar-refractivity contribution in [2.24, 2.45) is 5.41 Å². The summed E-state index contributed by atoms with van der Waals surface area (Å²) in [4.78, 5) is 16.1. The zero-order chi connectivity index (χ0) is 12.8. The van der Waals surface area contributed by atoms with E-state index in [1.54, 1.807) is 4.90 Å². The smallest absolute Gasteiger partial charge is 0.323 e. The van der Waals surface area contributed by atoms with Crippen LogP contribution in [-0.2, 0) is 6.54 Å². The summed E-state index contributed by atoms with van der Waals surface area (Å²) >= 11 is 4.43. The van der Waals surface area contributed by atoms with Crippen molar-refractivity contribution in [1.29, 1.82) is 0 Å². The first-order valence-electron chi connectivity index (χ1n) is 6.37. The van der Waals surface area contributed by atoms with Crippen LogP contribution in [-0.4, -0.2) is 30.3 Å². The van der Waals surface area contributed by atoms with Crippen LogP contribution in [0.25, 0.3) is 0 Å². The molecule has 1 heterocycles. The summed E-state index contributed by atoms with van der Waals surface area (Å²) in [7, 11) is 1.87. The molecule has 1 aliphatic carbocycles. The summed E-state index contributed by atoms with van der Waals surface area (Å²) in [5.74, 6) is 0.864. The van der Waals surface area contributed by atoms with E-state index >= 15 is 0 Å². The van der Waals surface area contributed by atoms with Gasteiger partial charge in [-0.25, -0.2) is 4.79 Å². The lowest BCUT2D eigenvalue weighted by Crippen LogP contribution is -2.47. The molecule has 0 unspecified atom stereocenters. The molecule has 1 aromatic carbocycles. The van der Waals surface area contributed by atoms with E-state index in [9.17, 15) is 4.79 Å². The number of amides is 2. The molecule has 0 atom stereocenters. The normalized spacial score (nSPS) is 20.9. The number of carbonyl (C=O) groups is 1. The predicted octanol–water partition coefficient (Wildman–Crippen LogP) is 2.77. The Hall–Kier alpha value is -1.16. The zero-order valence-corrected chi connectivity index (χ0v) is 11.5. The Balaban J connectivity index is 1.94. The summed E-state index contributed by atoms with van der Waals surface area (Å²) < 4.78 is 0. The highest BCUT2D eigenvalue weighted by molar-refractivity contribution is 7.80. The fourth-order valence-corrected chi connectivity index (χ4v) is 2.99. The van der Waals surface area contributed by atoms with Crippen molar-refractivity contribution in [2.75, 3.05) is 24.2 Å². The van der Waals surface area contributed by atoms with Gasteiger partial charge in [0, 0.05) is 20.1 Å². The number of nitrogens with zero attached hydrogens (tertiary/aromatic N) is 2. The topological polar surface area (TPSA) is 23.6 Å². The van der Waals surface area contributed by atoms with Crippen molar-refractivity contribution in [3.05, 3.63) is 29.8 Å². The third kappa shape index (κ3) is 1.88. The second-order valence-corrected chi connectivity index (χ2v) is 5.83. The zero-order valence-electron chi connectivity index (χ0n) is 10.6. The van der Waals surface area contributed by atoms with Crippen LogP contribution in [0.3, 0.4) is 0 Å². The lowest BCUT2D eigenvalue weighted by Gasteiger charge is -2.37. The molecule has 4 heteroatoms. The number of anilines is 1. The van der Waals surface area contributed by atoms with Crippen LogP contribution in [0.1, 0.15) is 18.4 Å². The molecule has 0 saturated heterocycles. The molecule has 0 spiro atoms. The third-order valence-corrected chi connectivity index (χ3v) is 4.70. The van der Waals surface area contributed by atoms with Crippen LogP contribution >= 0.6 is 12.6 Å². The molecule has 0 bridgehead atoms. The van der Waals surface area contributed by atoms with E-state index in [1.165, 1.54) is 18.4 Å². The molecule has 96 valence electrons. The van der Waals surface area contributed by atoms with E-state index in [0.717, 1.165) is 18.0 Å². The van der Waals surface area contributed by atoms with Crippen molar-refractivity contribution < 1.29 is 4.79 Å². The van der Waals surface area contributed by atoms with E-state index in [4.69, 9.17) is 0 Å². The van der Waals surface area contributed by atoms with Crippen molar-refractivity contribution in [3.8, 4) is 0 Å². The maximum atomic E-state index is 12.3. The Labute approximate surface area is 113 Å². The van der Waals surface area contributed by atoms with Gasteiger partial charge in [-0.1, -0.05) is 18.2 Å². The maximum Gasteiger partial charge on any atom is 0.324 e. The number of urea groups is 1. The Morgan fingerprint density at radius 3 is 2.72 bits per heavy atom. The van der Waals surface area contributed by atoms with Crippen LogP contribution in [0.2, 0.25) is 0 Å². The van der Waals surface area contributed by atoms with E-state index in [2.05, 4.69) is 24.8 Å². The highest BCUT2D eigenvalue weighted by atomic mass is 32.1. The van der Waals surface area contributed by atoms with Crippen LogP contribution in [0.4, 0.5) is 10.5 Å². The monoisotopic (exact) mass is 262 g/mol. The van der Waals surface area contributed by atoms with Crippen molar-refractivity contribution >= 4 is 24.3 Å². The second-order valence-electron chi connectivity index (χ2n) is 5.51. The molecule has 3 rings (SSSR count). The van der Waals surface area contributed by atoms with Gasteiger partial charge in [0.1, 0.15) is 0 Å². The van der Waals surface area contributed by atoms with Gasteiger partial charge in [0.2, 0.25) is 0 Å². The first-order chi connectivity index (χ1) is 8.65.